The van der Waals surface area contributed by atoms with Crippen LogP contribution >= 0.6 is 0 Å². The molecule has 7 nitrogen and oxygen atoms in total. The molecule has 1 aliphatic heterocycles. The summed E-state index contributed by atoms with van der Waals surface area (Å²) in [5.74, 6) is -1.15. The molecule has 0 unspecified atom stereocenters. The standard InChI is InChI=1S/C22H27N3O4S/c1-16-8-7-9-17(14-16)15-19(21(23)26)24-22(27)20-12-5-6-13-25(20)30(28,29)18-10-3-2-4-11-18/h2-4,7-11,14,19-20H,5-6,12-13,15H2,1H3,(H2,23,26)(H,24,27)/t19-,20-/m0/s1. The lowest BCUT2D eigenvalue weighted by Gasteiger charge is -2.34. The van der Waals surface area contributed by atoms with Gasteiger partial charge in [0.15, 0.2) is 0 Å². The van der Waals surface area contributed by atoms with Gasteiger partial charge in [0.05, 0.1) is 4.90 Å². The van der Waals surface area contributed by atoms with E-state index >= 15 is 0 Å². The van der Waals surface area contributed by atoms with Crippen LogP contribution in [-0.2, 0) is 26.0 Å². The van der Waals surface area contributed by atoms with Crippen LogP contribution in [-0.4, -0.2) is 43.2 Å². The first kappa shape index (κ1) is 22.0. The van der Waals surface area contributed by atoms with E-state index in [4.69, 9.17) is 5.73 Å². The first-order valence-corrected chi connectivity index (χ1v) is 11.4. The minimum atomic E-state index is -3.82. The molecule has 2 atom stereocenters. The predicted molar refractivity (Wildman–Crippen MR) is 114 cm³/mol. The summed E-state index contributed by atoms with van der Waals surface area (Å²) in [5.41, 5.74) is 7.43. The molecule has 0 aliphatic carbocycles. The zero-order chi connectivity index (χ0) is 21.7. The molecule has 0 aromatic heterocycles. The maximum absolute atomic E-state index is 13.1. The molecule has 0 bridgehead atoms. The molecule has 2 amide bonds. The number of nitrogens with one attached hydrogen (secondary N) is 1. The molecule has 2 aromatic rings. The number of nitrogens with zero attached hydrogens (tertiary/aromatic N) is 1. The van der Waals surface area contributed by atoms with Crippen molar-refractivity contribution in [1.82, 2.24) is 9.62 Å². The second kappa shape index (κ2) is 9.40. The molecule has 3 N–H and O–H groups in total. The van der Waals surface area contributed by atoms with Crippen molar-refractivity contribution in [3.8, 4) is 0 Å². The molecule has 1 aliphatic rings. The number of sulfonamides is 1. The number of primary amides is 1. The van der Waals surface area contributed by atoms with E-state index in [-0.39, 0.29) is 17.9 Å². The van der Waals surface area contributed by atoms with E-state index in [1.807, 2.05) is 31.2 Å². The number of rotatable bonds is 7. The van der Waals surface area contributed by atoms with Gasteiger partial charge in [-0.2, -0.15) is 4.31 Å². The lowest BCUT2D eigenvalue weighted by atomic mass is 10.0. The second-order valence-corrected chi connectivity index (χ2v) is 9.49. The van der Waals surface area contributed by atoms with E-state index in [1.54, 1.807) is 18.2 Å². The molecule has 30 heavy (non-hydrogen) atoms. The molecule has 1 fully saturated rings. The number of hydrogen-bond donors (Lipinski definition) is 2. The van der Waals surface area contributed by atoms with Crippen LogP contribution in [0.5, 0.6) is 0 Å². The van der Waals surface area contributed by atoms with Gasteiger partial charge in [-0.05, 0) is 37.5 Å². The minimum Gasteiger partial charge on any atom is -0.368 e. The normalized spacial score (nSPS) is 18.5. The number of amides is 2. The number of hydrogen-bond acceptors (Lipinski definition) is 4. The molecule has 0 spiro atoms. The van der Waals surface area contributed by atoms with Gasteiger partial charge < -0.3 is 11.1 Å². The van der Waals surface area contributed by atoms with E-state index in [9.17, 15) is 18.0 Å². The number of nitrogens with two attached hydrogens (primary N) is 1. The molecule has 3 rings (SSSR count). The SMILES string of the molecule is Cc1cccc(C[C@H](NC(=O)[C@@H]2CCCCN2S(=O)(=O)c2ccccc2)C(N)=O)c1. The zero-order valence-corrected chi connectivity index (χ0v) is 17.8. The van der Waals surface area contributed by atoms with Gasteiger partial charge in [-0.25, -0.2) is 8.42 Å². The average Bonchev–Trinajstić information content (AvgIpc) is 2.74. The summed E-state index contributed by atoms with van der Waals surface area (Å²) in [7, 11) is -3.82. The maximum atomic E-state index is 13.1. The van der Waals surface area contributed by atoms with Gasteiger partial charge in [0.25, 0.3) is 0 Å². The minimum absolute atomic E-state index is 0.149. The summed E-state index contributed by atoms with van der Waals surface area (Å²) >= 11 is 0. The van der Waals surface area contributed by atoms with Crippen molar-refractivity contribution in [2.75, 3.05) is 6.54 Å². The lowest BCUT2D eigenvalue weighted by Crippen LogP contribution is -2.56. The fraction of sp³-hybridized carbons (Fsp3) is 0.364. The van der Waals surface area contributed by atoms with Gasteiger partial charge in [-0.3, -0.25) is 9.59 Å². The zero-order valence-electron chi connectivity index (χ0n) is 17.0. The van der Waals surface area contributed by atoms with Gasteiger partial charge >= 0.3 is 0 Å². The number of benzene rings is 2. The summed E-state index contributed by atoms with van der Waals surface area (Å²) in [6.45, 7) is 2.20. The molecule has 160 valence electrons. The number of piperidine rings is 1. The Bertz CT molecular complexity index is 1010. The first-order valence-electron chi connectivity index (χ1n) is 10.0. The van der Waals surface area contributed by atoms with Crippen molar-refractivity contribution in [2.24, 2.45) is 5.73 Å². The Morgan fingerprint density at radius 1 is 1.13 bits per heavy atom. The van der Waals surface area contributed by atoms with Crippen molar-refractivity contribution < 1.29 is 18.0 Å². The predicted octanol–water partition coefficient (Wildman–Crippen LogP) is 1.75. The van der Waals surface area contributed by atoms with Crippen LogP contribution in [0.25, 0.3) is 0 Å². The quantitative estimate of drug-likeness (QED) is 0.699. The lowest BCUT2D eigenvalue weighted by molar-refractivity contribution is -0.130. The average molecular weight is 430 g/mol. The van der Waals surface area contributed by atoms with Crippen LogP contribution in [0.1, 0.15) is 30.4 Å². The Hall–Kier alpha value is -2.71. The van der Waals surface area contributed by atoms with Crippen LogP contribution in [0.3, 0.4) is 0 Å². The van der Waals surface area contributed by atoms with Gasteiger partial charge in [-0.1, -0.05) is 54.4 Å². The smallest absolute Gasteiger partial charge is 0.243 e. The second-order valence-electron chi connectivity index (χ2n) is 7.60. The van der Waals surface area contributed by atoms with E-state index < -0.39 is 33.9 Å². The fourth-order valence-corrected chi connectivity index (χ4v) is 5.43. The van der Waals surface area contributed by atoms with Crippen molar-refractivity contribution >= 4 is 21.8 Å². The van der Waals surface area contributed by atoms with Crippen LogP contribution in [0, 0.1) is 6.92 Å². The molecule has 8 heteroatoms. The van der Waals surface area contributed by atoms with Gasteiger partial charge in [-0.15, -0.1) is 0 Å². The van der Waals surface area contributed by atoms with E-state index in [0.29, 0.717) is 12.8 Å². The third-order valence-electron chi connectivity index (χ3n) is 5.29. The highest BCUT2D eigenvalue weighted by molar-refractivity contribution is 7.89. The third kappa shape index (κ3) is 5.06. The number of carbonyl (C=O) groups is 2. The molecule has 0 radical (unpaired) electrons. The van der Waals surface area contributed by atoms with E-state index in [2.05, 4.69) is 5.32 Å². The molecule has 2 aromatic carbocycles. The van der Waals surface area contributed by atoms with Crippen molar-refractivity contribution in [1.29, 1.82) is 0 Å². The molecule has 0 saturated carbocycles. The number of carbonyl (C=O) groups excluding carboxylic acids is 2. The summed E-state index contributed by atoms with van der Waals surface area (Å²) in [6, 6.07) is 13.9. The van der Waals surface area contributed by atoms with Crippen LogP contribution in [0.15, 0.2) is 59.5 Å². The highest BCUT2D eigenvalue weighted by Gasteiger charge is 2.38. The Morgan fingerprint density at radius 3 is 2.53 bits per heavy atom. The van der Waals surface area contributed by atoms with Crippen LogP contribution < -0.4 is 11.1 Å². The van der Waals surface area contributed by atoms with Crippen LogP contribution in [0.4, 0.5) is 0 Å². The third-order valence-corrected chi connectivity index (χ3v) is 7.21. The summed E-state index contributed by atoms with van der Waals surface area (Å²) in [4.78, 5) is 25.2. The summed E-state index contributed by atoms with van der Waals surface area (Å²) in [6.07, 6.45) is 2.06. The van der Waals surface area contributed by atoms with Crippen molar-refractivity contribution in [2.45, 2.75) is 49.6 Å². The van der Waals surface area contributed by atoms with E-state index in [1.165, 1.54) is 16.4 Å². The fourth-order valence-electron chi connectivity index (χ4n) is 3.75. The van der Waals surface area contributed by atoms with Gasteiger partial charge in [0.1, 0.15) is 12.1 Å². The highest BCUT2D eigenvalue weighted by atomic mass is 32.2. The highest BCUT2D eigenvalue weighted by Crippen LogP contribution is 2.25. The monoisotopic (exact) mass is 429 g/mol. The Morgan fingerprint density at radius 2 is 1.87 bits per heavy atom. The first-order chi connectivity index (χ1) is 14.3. The molecule has 1 heterocycles. The Kier molecular flexibility index (Phi) is 6.89. The topological polar surface area (TPSA) is 110 Å². The Labute approximate surface area is 177 Å². The largest absolute Gasteiger partial charge is 0.368 e. The van der Waals surface area contributed by atoms with Crippen LogP contribution in [0.2, 0.25) is 0 Å². The summed E-state index contributed by atoms with van der Waals surface area (Å²) in [5, 5.41) is 2.69. The van der Waals surface area contributed by atoms with E-state index in [0.717, 1.165) is 17.5 Å². The molecular weight excluding hydrogens is 402 g/mol. The summed E-state index contributed by atoms with van der Waals surface area (Å²) < 4.78 is 27.5. The maximum Gasteiger partial charge on any atom is 0.243 e. The molecule has 1 saturated heterocycles. The van der Waals surface area contributed by atoms with Gasteiger partial charge in [0.2, 0.25) is 21.8 Å². The molecular formula is C22H27N3O4S. The Balaban J connectivity index is 1.79. The van der Waals surface area contributed by atoms with Crippen molar-refractivity contribution in [3.63, 3.8) is 0 Å². The van der Waals surface area contributed by atoms with Gasteiger partial charge in [0, 0.05) is 13.0 Å². The number of aryl methyl sites for hydroxylation is 1. The van der Waals surface area contributed by atoms with Crippen molar-refractivity contribution in [3.05, 3.63) is 65.7 Å².